The van der Waals surface area contributed by atoms with Crippen molar-refractivity contribution in [3.63, 3.8) is 0 Å². The van der Waals surface area contributed by atoms with Crippen LogP contribution in [0.3, 0.4) is 0 Å². The van der Waals surface area contributed by atoms with E-state index in [9.17, 15) is 14.4 Å². The zero-order valence-electron chi connectivity index (χ0n) is 44.5. The number of carbonyl (C=O) groups excluding carboxylic acids is 3. The van der Waals surface area contributed by atoms with Gasteiger partial charge in [0.25, 0.3) is 0 Å². The number of aliphatic imine (C=N–C) groups is 1. The van der Waals surface area contributed by atoms with Gasteiger partial charge in [-0.3, -0.25) is 19.5 Å². The quantitative estimate of drug-likeness (QED) is 0.113. The number of aromatic nitrogens is 2. The number of amides is 3. The van der Waals surface area contributed by atoms with Crippen LogP contribution in [0, 0.1) is 5.92 Å². The number of aryl methyl sites for hydroxylation is 1. The first kappa shape index (κ1) is 51.1. The summed E-state index contributed by atoms with van der Waals surface area (Å²) in [6.45, 7) is 22.1. The van der Waals surface area contributed by atoms with Gasteiger partial charge < -0.3 is 29.7 Å². The number of fused-ring (bicyclic) bond motifs is 2. The largest absolute Gasteiger partial charge is 0.453 e. The van der Waals surface area contributed by atoms with Crippen molar-refractivity contribution in [2.75, 3.05) is 37.8 Å². The maximum absolute atomic E-state index is 15.0. The molecule has 4 aromatic carbocycles. The highest BCUT2D eigenvalue weighted by Gasteiger charge is 2.42. The highest BCUT2D eigenvalue weighted by molar-refractivity contribution is 6.79. The highest BCUT2D eigenvalue weighted by atomic mass is 28.3. The molecule has 13 heteroatoms. The second-order valence-corrected chi connectivity index (χ2v) is 28.0. The molecule has 3 saturated heterocycles. The molecule has 2 N–H and O–H groups in total. The summed E-state index contributed by atoms with van der Waals surface area (Å²) in [7, 11) is -0.396. The molecule has 0 aliphatic carbocycles. The number of carbonyl (C=O) groups is 3. The number of H-pyrrole nitrogens is 1. The van der Waals surface area contributed by atoms with Crippen molar-refractivity contribution < 1.29 is 19.1 Å². The monoisotopic (exact) mass is 991 g/mol. The first-order valence-electron chi connectivity index (χ1n) is 26.8. The topological polar surface area (TPSA) is 126 Å². The summed E-state index contributed by atoms with van der Waals surface area (Å²) in [4.78, 5) is 64.5. The van der Waals surface area contributed by atoms with Crippen LogP contribution >= 0.6 is 0 Å². The normalized spacial score (nSPS) is 22.0. The molecule has 0 radical (unpaired) electrons. The molecule has 9 rings (SSSR count). The van der Waals surface area contributed by atoms with Gasteiger partial charge in [0.15, 0.2) is 0 Å². The van der Waals surface area contributed by atoms with Gasteiger partial charge in [-0.1, -0.05) is 115 Å². The number of likely N-dealkylation sites (N-methyl/N-ethyl adjacent to an activating group) is 1. The van der Waals surface area contributed by atoms with Gasteiger partial charge in [0, 0.05) is 24.0 Å². The summed E-state index contributed by atoms with van der Waals surface area (Å²) in [5.41, 5.74) is 11.5. The molecular weight excluding hydrogens is 913 g/mol. The van der Waals surface area contributed by atoms with E-state index >= 15 is 0 Å². The fraction of sp³-hybridized carbons (Fsp3) is 0.508. The minimum Gasteiger partial charge on any atom is -0.453 e. The number of nitrogens with one attached hydrogen (secondary N) is 2. The minimum absolute atomic E-state index is 0.0177. The lowest BCUT2D eigenvalue weighted by Crippen LogP contribution is -2.51. The van der Waals surface area contributed by atoms with Crippen LogP contribution in [-0.4, -0.2) is 101 Å². The Bertz CT molecular complexity index is 2780. The molecule has 0 unspecified atom stereocenters. The maximum atomic E-state index is 15.0. The Hall–Kier alpha value is -5.79. The molecule has 5 heterocycles. The van der Waals surface area contributed by atoms with Crippen molar-refractivity contribution in [3.05, 3.63) is 125 Å². The third-order valence-corrected chi connectivity index (χ3v) is 18.8. The molecule has 5 aromatic rings. The molecule has 72 heavy (non-hydrogen) atoms. The Morgan fingerprint density at radius 3 is 2.18 bits per heavy atom. The van der Waals surface area contributed by atoms with Gasteiger partial charge in [0.1, 0.15) is 17.9 Å². The Morgan fingerprint density at radius 2 is 1.51 bits per heavy atom. The zero-order chi connectivity index (χ0) is 51.1. The Balaban J connectivity index is 1.01. The number of nitrogens with zero attached hydrogens (tertiary/aromatic N) is 6. The molecule has 1 aromatic heterocycles. The van der Waals surface area contributed by atoms with Crippen LogP contribution in [0.4, 0.5) is 16.2 Å². The van der Waals surface area contributed by atoms with Crippen molar-refractivity contribution in [2.45, 2.75) is 154 Å². The van der Waals surface area contributed by atoms with Crippen LogP contribution in [0.15, 0.2) is 96.0 Å². The van der Waals surface area contributed by atoms with E-state index in [1.165, 1.54) is 40.8 Å². The predicted molar refractivity (Wildman–Crippen MR) is 293 cm³/mol. The number of imidazole rings is 1. The average Bonchev–Trinajstić information content (AvgIpc) is 4.17. The number of hydrogen-bond acceptors (Lipinski definition) is 8. The second kappa shape index (κ2) is 21.0. The summed E-state index contributed by atoms with van der Waals surface area (Å²) in [5.74, 6) is 0.767. The first-order chi connectivity index (χ1) is 34.5. The van der Waals surface area contributed by atoms with E-state index in [0.29, 0.717) is 6.54 Å². The molecule has 4 aliphatic rings. The van der Waals surface area contributed by atoms with E-state index in [0.717, 1.165) is 98.4 Å². The number of rotatable bonds is 13. The van der Waals surface area contributed by atoms with E-state index in [1.807, 2.05) is 24.8 Å². The lowest BCUT2D eigenvalue weighted by Gasteiger charge is -2.37. The Morgan fingerprint density at radius 1 is 0.819 bits per heavy atom. The van der Waals surface area contributed by atoms with Crippen LogP contribution in [-0.2, 0) is 26.2 Å². The molecule has 0 bridgehead atoms. The molecule has 0 spiro atoms. The van der Waals surface area contributed by atoms with Crippen molar-refractivity contribution in [1.29, 1.82) is 0 Å². The van der Waals surface area contributed by atoms with Crippen LogP contribution < -0.4 is 10.2 Å². The van der Waals surface area contributed by atoms with Crippen molar-refractivity contribution >= 4 is 54.1 Å². The summed E-state index contributed by atoms with van der Waals surface area (Å²) in [6, 6.07) is 33.3. The molecule has 3 fully saturated rings. The molecular formula is C59H78N8O4Si-. The van der Waals surface area contributed by atoms with E-state index in [2.05, 4.69) is 158 Å². The highest BCUT2D eigenvalue weighted by Crippen LogP contribution is 2.49. The predicted octanol–water partition coefficient (Wildman–Crippen LogP) is 11.9. The number of benzene rings is 4. The minimum atomic E-state index is -1.71. The lowest BCUT2D eigenvalue weighted by atomic mass is 9.87. The molecule has 6 atom stereocenters. The summed E-state index contributed by atoms with van der Waals surface area (Å²) < 4.78 is 4.86. The summed E-state index contributed by atoms with van der Waals surface area (Å²) >= 11 is 0. The lowest BCUT2D eigenvalue weighted by molar-refractivity contribution is -0.137. The molecule has 3 amide bonds. The van der Waals surface area contributed by atoms with Gasteiger partial charge in [0.05, 0.1) is 42.0 Å². The number of methoxy groups -OCH3 is 1. The van der Waals surface area contributed by atoms with E-state index in [-0.39, 0.29) is 53.4 Å². The molecule has 12 nitrogen and oxygen atoms in total. The first-order valence-corrected chi connectivity index (χ1v) is 30.2. The fourth-order valence-corrected chi connectivity index (χ4v) is 15.2. The third-order valence-electron chi connectivity index (χ3n) is 16.1. The standard InChI is InChI=1S/C59H78N8O4Si/c1-11-64(12-2)54(39-18-14-13-15-19-39)57(69)66-37-72(9,10)36-52(66)47-21-16-20-40-34-41(23-29-45(40)60-47)49-31-32-50(67(49)44-27-25-43(26-28-44)59(5,6)7)42-24-30-46-48(35-42)62-55(61-46)51-22-17-33-65(51)56(68)53(38(3)4)63-58(70)71-8/h13-15,18-19,23-30,34-35,38,49-54H,11-12,16-17,20-22,31-33,36-37H2,1-10H3,(H,61,62)(H,63,70)/q-1/t49-,50-,51+,52+,53+,54-/m1/s1. The van der Waals surface area contributed by atoms with E-state index in [1.54, 1.807) is 0 Å². The molecule has 383 valence electrons. The van der Waals surface area contributed by atoms with Crippen molar-refractivity contribution in [3.8, 4) is 0 Å². The number of aromatic amines is 1. The number of likely N-dealkylation sites (tertiary alicyclic amines) is 1. The number of alkyl carbamates (subject to hydrolysis) is 1. The van der Waals surface area contributed by atoms with E-state index < -0.39 is 20.2 Å². The Labute approximate surface area is 429 Å². The average molecular weight is 991 g/mol. The smallest absolute Gasteiger partial charge is 0.407 e. The van der Waals surface area contributed by atoms with Gasteiger partial charge in [-0.2, -0.15) is 13.1 Å². The van der Waals surface area contributed by atoms with Crippen molar-refractivity contribution in [1.82, 2.24) is 30.0 Å². The van der Waals surface area contributed by atoms with Gasteiger partial charge in [-0.15, -0.1) is 14.1 Å². The number of hydrogen-bond donors (Lipinski definition) is 2. The fourth-order valence-electron chi connectivity index (χ4n) is 12.3. The van der Waals surface area contributed by atoms with Gasteiger partial charge in [-0.05, 0) is 128 Å². The maximum Gasteiger partial charge on any atom is 0.407 e. The SMILES string of the molecule is CCN(CC)[C@@H](C(=O)N1C[Si-](C)(C)C[C@H]1C1=Nc2ccc([C@H]3CC[C@H](c4ccc5nc([C@@H]6CCCN6C(=O)[C@@H](NC(=O)OC)C(C)C)[nH]c5c4)N3c3ccc(C(C)(C)C)cc3)cc2CCC1)c1ccccc1. The van der Waals surface area contributed by atoms with Crippen LogP contribution in [0.5, 0.6) is 0 Å². The summed E-state index contributed by atoms with van der Waals surface area (Å²) in [5, 5.41) is 2.77. The Kier molecular flexibility index (Phi) is 14.9. The van der Waals surface area contributed by atoms with Crippen LogP contribution in [0.25, 0.3) is 11.0 Å². The molecule has 4 aliphatic heterocycles. The number of ether oxygens (including phenoxy) is 1. The zero-order valence-corrected chi connectivity index (χ0v) is 45.5. The van der Waals surface area contributed by atoms with Crippen LogP contribution in [0.1, 0.15) is 145 Å². The third kappa shape index (κ3) is 10.4. The number of anilines is 1. The van der Waals surface area contributed by atoms with Crippen LogP contribution in [0.2, 0.25) is 19.1 Å². The molecule has 0 saturated carbocycles. The second-order valence-electron chi connectivity index (χ2n) is 23.0. The van der Waals surface area contributed by atoms with Gasteiger partial charge in [-0.25, -0.2) is 9.78 Å². The summed E-state index contributed by atoms with van der Waals surface area (Å²) in [6.07, 6.45) is 6.71. The van der Waals surface area contributed by atoms with Gasteiger partial charge >= 0.3 is 6.09 Å². The van der Waals surface area contributed by atoms with Crippen molar-refractivity contribution in [2.24, 2.45) is 10.9 Å². The van der Waals surface area contributed by atoms with Gasteiger partial charge in [0.2, 0.25) is 11.8 Å². The van der Waals surface area contributed by atoms with E-state index in [4.69, 9.17) is 14.7 Å².